The number of guanidine groups is 1. The third-order valence-electron chi connectivity index (χ3n) is 5.63. The van der Waals surface area contributed by atoms with E-state index in [1.54, 1.807) is 32.2 Å². The van der Waals surface area contributed by atoms with Crippen LogP contribution in [0.4, 0.5) is 0 Å². The Morgan fingerprint density at radius 2 is 2.00 bits per heavy atom. The molecular formula is C18H26N4O3S. The molecule has 2 atom stereocenters. The van der Waals surface area contributed by atoms with Crippen LogP contribution in [0.2, 0.25) is 0 Å². The fraction of sp³-hybridized carbons (Fsp3) is 0.556. The standard InChI is InChI=1S/C18H26N4O3S/c1-13-7-4-5-9-15(13)26(24,25)22-10-6-8-14(12-22)18(2)11-16(23)21(3)17(19)20-18/h4-5,7,9,14H,6,8,10-12H2,1-3H3,(H2,19,20)/t14?,18-/m0/s1. The zero-order valence-corrected chi connectivity index (χ0v) is 16.3. The minimum atomic E-state index is -3.57. The minimum absolute atomic E-state index is 0.0342. The second-order valence-electron chi connectivity index (χ2n) is 7.49. The van der Waals surface area contributed by atoms with E-state index in [4.69, 9.17) is 5.41 Å². The van der Waals surface area contributed by atoms with Gasteiger partial charge in [0.25, 0.3) is 0 Å². The predicted molar refractivity (Wildman–Crippen MR) is 99.3 cm³/mol. The van der Waals surface area contributed by atoms with Gasteiger partial charge < -0.3 is 5.32 Å². The number of carbonyl (C=O) groups excluding carboxylic acids is 1. The zero-order valence-electron chi connectivity index (χ0n) is 15.4. The molecule has 8 heteroatoms. The molecule has 0 aliphatic carbocycles. The molecule has 142 valence electrons. The molecule has 1 amide bonds. The first-order chi connectivity index (χ1) is 12.1. The Hall–Kier alpha value is -1.93. The van der Waals surface area contributed by atoms with E-state index in [-0.39, 0.29) is 24.2 Å². The number of nitrogens with one attached hydrogen (secondary N) is 2. The fourth-order valence-corrected chi connectivity index (χ4v) is 5.62. The lowest BCUT2D eigenvalue weighted by Gasteiger charge is -2.47. The number of aryl methyl sites for hydroxylation is 1. The van der Waals surface area contributed by atoms with E-state index in [9.17, 15) is 13.2 Å². The highest BCUT2D eigenvalue weighted by atomic mass is 32.2. The average Bonchev–Trinajstić information content (AvgIpc) is 2.60. The van der Waals surface area contributed by atoms with Gasteiger partial charge in [-0.3, -0.25) is 15.1 Å². The topological polar surface area (TPSA) is 93.6 Å². The summed E-state index contributed by atoms with van der Waals surface area (Å²) in [5.74, 6) is -0.0780. The van der Waals surface area contributed by atoms with Gasteiger partial charge in [-0.15, -0.1) is 0 Å². The van der Waals surface area contributed by atoms with Gasteiger partial charge in [0, 0.05) is 20.1 Å². The zero-order chi connectivity index (χ0) is 19.1. The Morgan fingerprint density at radius 3 is 2.65 bits per heavy atom. The highest BCUT2D eigenvalue weighted by Gasteiger charge is 2.45. The SMILES string of the molecule is Cc1ccccc1S(=O)(=O)N1CCCC([C@]2(C)CC(=O)N(C)C(=N)N2)C1. The van der Waals surface area contributed by atoms with Crippen LogP contribution in [0.1, 0.15) is 31.7 Å². The second kappa shape index (κ2) is 6.66. The first-order valence-corrected chi connectivity index (χ1v) is 10.3. The molecule has 0 bridgehead atoms. The molecule has 1 aromatic carbocycles. The van der Waals surface area contributed by atoms with Gasteiger partial charge in [0.1, 0.15) is 0 Å². The van der Waals surface area contributed by atoms with Gasteiger partial charge in [-0.2, -0.15) is 4.31 Å². The van der Waals surface area contributed by atoms with Crippen molar-refractivity contribution in [3.05, 3.63) is 29.8 Å². The molecule has 2 aliphatic heterocycles. The van der Waals surface area contributed by atoms with Crippen molar-refractivity contribution in [1.29, 1.82) is 5.41 Å². The number of rotatable bonds is 3. The van der Waals surface area contributed by atoms with Crippen LogP contribution in [0.25, 0.3) is 0 Å². The molecule has 26 heavy (non-hydrogen) atoms. The molecule has 0 aromatic heterocycles. The molecular weight excluding hydrogens is 352 g/mol. The molecule has 7 nitrogen and oxygen atoms in total. The van der Waals surface area contributed by atoms with Crippen molar-refractivity contribution in [1.82, 2.24) is 14.5 Å². The van der Waals surface area contributed by atoms with E-state index in [1.165, 1.54) is 9.21 Å². The third-order valence-corrected chi connectivity index (χ3v) is 7.65. The maximum absolute atomic E-state index is 13.1. The maximum atomic E-state index is 13.1. The van der Waals surface area contributed by atoms with E-state index in [2.05, 4.69) is 5.32 Å². The van der Waals surface area contributed by atoms with Crippen LogP contribution in [0, 0.1) is 18.3 Å². The summed E-state index contributed by atoms with van der Waals surface area (Å²) in [6.07, 6.45) is 1.83. The number of carbonyl (C=O) groups is 1. The van der Waals surface area contributed by atoms with Crippen LogP contribution in [-0.2, 0) is 14.8 Å². The first kappa shape index (κ1) is 18.8. The van der Waals surface area contributed by atoms with Crippen LogP contribution in [0.15, 0.2) is 29.2 Å². The molecule has 2 saturated heterocycles. The molecule has 0 spiro atoms. The second-order valence-corrected chi connectivity index (χ2v) is 9.39. The summed E-state index contributed by atoms with van der Waals surface area (Å²) in [6, 6.07) is 7.01. The molecule has 2 fully saturated rings. The van der Waals surface area contributed by atoms with Crippen LogP contribution < -0.4 is 5.32 Å². The highest BCUT2D eigenvalue weighted by molar-refractivity contribution is 7.89. The van der Waals surface area contributed by atoms with Gasteiger partial charge in [0.05, 0.1) is 16.9 Å². The van der Waals surface area contributed by atoms with Gasteiger partial charge in [-0.1, -0.05) is 18.2 Å². The summed E-state index contributed by atoms with van der Waals surface area (Å²) in [6.45, 7) is 4.55. The Morgan fingerprint density at radius 1 is 1.31 bits per heavy atom. The smallest absolute Gasteiger partial charge is 0.243 e. The molecule has 0 radical (unpaired) electrons. The number of benzene rings is 1. The van der Waals surface area contributed by atoms with Crippen LogP contribution in [0.3, 0.4) is 0 Å². The van der Waals surface area contributed by atoms with E-state index in [0.717, 1.165) is 18.4 Å². The number of piperidine rings is 1. The molecule has 3 rings (SSSR count). The van der Waals surface area contributed by atoms with E-state index in [1.807, 2.05) is 13.0 Å². The third kappa shape index (κ3) is 3.23. The number of nitrogens with zero attached hydrogens (tertiary/aromatic N) is 2. The van der Waals surface area contributed by atoms with Gasteiger partial charge in [0.15, 0.2) is 5.96 Å². The summed E-state index contributed by atoms with van der Waals surface area (Å²) in [5.41, 5.74) is 0.121. The van der Waals surface area contributed by atoms with Crippen LogP contribution >= 0.6 is 0 Å². The van der Waals surface area contributed by atoms with Crippen molar-refractivity contribution in [3.63, 3.8) is 0 Å². The van der Waals surface area contributed by atoms with Crippen molar-refractivity contribution in [2.24, 2.45) is 5.92 Å². The van der Waals surface area contributed by atoms with Crippen molar-refractivity contribution >= 4 is 21.9 Å². The van der Waals surface area contributed by atoms with Gasteiger partial charge in [0.2, 0.25) is 15.9 Å². The monoisotopic (exact) mass is 378 g/mol. The first-order valence-electron chi connectivity index (χ1n) is 8.84. The summed E-state index contributed by atoms with van der Waals surface area (Å²) in [7, 11) is -2.00. The summed E-state index contributed by atoms with van der Waals surface area (Å²) in [4.78, 5) is 13.9. The minimum Gasteiger partial charge on any atom is -0.350 e. The van der Waals surface area contributed by atoms with Crippen molar-refractivity contribution in [3.8, 4) is 0 Å². The van der Waals surface area contributed by atoms with Gasteiger partial charge in [-0.05, 0) is 44.2 Å². The molecule has 1 aromatic rings. The lowest BCUT2D eigenvalue weighted by molar-refractivity contribution is -0.130. The molecule has 0 saturated carbocycles. The summed E-state index contributed by atoms with van der Waals surface area (Å²) < 4.78 is 27.7. The lowest BCUT2D eigenvalue weighted by atomic mass is 9.77. The maximum Gasteiger partial charge on any atom is 0.243 e. The Bertz CT molecular complexity index is 819. The van der Waals surface area contributed by atoms with Crippen molar-refractivity contribution < 1.29 is 13.2 Å². The van der Waals surface area contributed by atoms with Crippen LogP contribution in [0.5, 0.6) is 0 Å². The van der Waals surface area contributed by atoms with E-state index < -0.39 is 15.6 Å². The van der Waals surface area contributed by atoms with E-state index >= 15 is 0 Å². The fourth-order valence-electron chi connectivity index (χ4n) is 3.87. The molecule has 2 aliphatic rings. The Balaban J connectivity index is 1.85. The Kier molecular flexibility index (Phi) is 4.83. The highest BCUT2D eigenvalue weighted by Crippen LogP contribution is 2.34. The molecule has 1 unspecified atom stereocenters. The Labute approximate surface area is 154 Å². The van der Waals surface area contributed by atoms with Crippen molar-refractivity contribution in [2.45, 2.75) is 43.5 Å². The molecule has 2 heterocycles. The lowest BCUT2D eigenvalue weighted by Crippen LogP contribution is -2.65. The average molecular weight is 378 g/mol. The normalized spacial score (nSPS) is 28.1. The van der Waals surface area contributed by atoms with E-state index in [0.29, 0.717) is 18.0 Å². The van der Waals surface area contributed by atoms with Gasteiger partial charge >= 0.3 is 0 Å². The van der Waals surface area contributed by atoms with Gasteiger partial charge in [-0.25, -0.2) is 8.42 Å². The predicted octanol–water partition coefficient (Wildman–Crippen LogP) is 1.54. The largest absolute Gasteiger partial charge is 0.350 e. The summed E-state index contributed by atoms with van der Waals surface area (Å²) >= 11 is 0. The number of hydrogen-bond acceptors (Lipinski definition) is 4. The number of amides is 1. The van der Waals surface area contributed by atoms with Crippen LogP contribution in [-0.4, -0.2) is 55.2 Å². The quantitative estimate of drug-likeness (QED) is 0.834. The van der Waals surface area contributed by atoms with Crippen molar-refractivity contribution in [2.75, 3.05) is 20.1 Å². The number of sulfonamides is 1. The molecule has 2 N–H and O–H groups in total. The number of hydrogen-bond donors (Lipinski definition) is 2. The summed E-state index contributed by atoms with van der Waals surface area (Å²) in [5, 5.41) is 11.1.